The SMILES string of the molecule is CC(=O)Nc1ccc(C(=O)CCCN(C)C)cc1. The first-order chi connectivity index (χ1) is 8.49. The molecule has 0 aliphatic heterocycles. The Labute approximate surface area is 108 Å². The molecule has 4 heteroatoms. The normalized spacial score (nSPS) is 10.4. The Morgan fingerprint density at radius 2 is 1.78 bits per heavy atom. The molecule has 4 nitrogen and oxygen atoms in total. The molecule has 1 aromatic rings. The number of nitrogens with zero attached hydrogens (tertiary/aromatic N) is 1. The number of hydrogen-bond donors (Lipinski definition) is 1. The predicted octanol–water partition coefficient (Wildman–Crippen LogP) is 2.17. The lowest BCUT2D eigenvalue weighted by Crippen LogP contribution is -2.14. The summed E-state index contributed by atoms with van der Waals surface area (Å²) in [7, 11) is 3.99. The van der Waals surface area contributed by atoms with Gasteiger partial charge in [-0.05, 0) is 51.3 Å². The van der Waals surface area contributed by atoms with E-state index in [4.69, 9.17) is 0 Å². The van der Waals surface area contributed by atoms with Gasteiger partial charge in [-0.25, -0.2) is 0 Å². The van der Waals surface area contributed by atoms with Gasteiger partial charge in [0.2, 0.25) is 5.91 Å². The second-order valence-electron chi connectivity index (χ2n) is 4.59. The summed E-state index contributed by atoms with van der Waals surface area (Å²) in [5, 5.41) is 2.67. The minimum absolute atomic E-state index is 0.111. The van der Waals surface area contributed by atoms with Crippen LogP contribution in [0.1, 0.15) is 30.1 Å². The van der Waals surface area contributed by atoms with Crippen LogP contribution in [-0.4, -0.2) is 37.2 Å². The molecule has 1 N–H and O–H groups in total. The van der Waals surface area contributed by atoms with Crippen molar-refractivity contribution >= 4 is 17.4 Å². The summed E-state index contributed by atoms with van der Waals surface area (Å²) in [5.74, 6) is 0.0336. The van der Waals surface area contributed by atoms with Crippen molar-refractivity contribution in [1.82, 2.24) is 4.90 Å². The maximum Gasteiger partial charge on any atom is 0.221 e. The fourth-order valence-electron chi connectivity index (χ4n) is 1.64. The highest BCUT2D eigenvalue weighted by atomic mass is 16.1. The summed E-state index contributed by atoms with van der Waals surface area (Å²) in [6, 6.07) is 7.01. The minimum Gasteiger partial charge on any atom is -0.326 e. The van der Waals surface area contributed by atoms with E-state index in [2.05, 4.69) is 10.2 Å². The predicted molar refractivity (Wildman–Crippen MR) is 72.9 cm³/mol. The molecular weight excluding hydrogens is 228 g/mol. The van der Waals surface area contributed by atoms with Gasteiger partial charge in [0.15, 0.2) is 5.78 Å². The third kappa shape index (κ3) is 5.10. The highest BCUT2D eigenvalue weighted by molar-refractivity contribution is 5.97. The molecule has 1 amide bonds. The second kappa shape index (κ2) is 6.91. The van der Waals surface area contributed by atoms with Crippen LogP contribution in [0.15, 0.2) is 24.3 Å². The van der Waals surface area contributed by atoms with E-state index in [0.29, 0.717) is 17.7 Å². The molecule has 0 aliphatic rings. The standard InChI is InChI=1S/C14H20N2O2/c1-11(17)15-13-8-6-12(7-9-13)14(18)5-4-10-16(2)3/h6-9H,4-5,10H2,1-3H3,(H,15,17). The van der Waals surface area contributed by atoms with Crippen molar-refractivity contribution < 1.29 is 9.59 Å². The monoisotopic (exact) mass is 248 g/mol. The van der Waals surface area contributed by atoms with Crippen LogP contribution in [0.2, 0.25) is 0 Å². The van der Waals surface area contributed by atoms with Gasteiger partial charge in [-0.1, -0.05) is 0 Å². The highest BCUT2D eigenvalue weighted by Crippen LogP contribution is 2.12. The van der Waals surface area contributed by atoms with E-state index in [1.54, 1.807) is 24.3 Å². The van der Waals surface area contributed by atoms with Gasteiger partial charge in [0, 0.05) is 24.6 Å². The Hall–Kier alpha value is -1.68. The van der Waals surface area contributed by atoms with E-state index in [0.717, 1.165) is 13.0 Å². The lowest BCUT2D eigenvalue weighted by Gasteiger charge is -2.08. The van der Waals surface area contributed by atoms with Gasteiger partial charge >= 0.3 is 0 Å². The molecule has 0 unspecified atom stereocenters. The smallest absolute Gasteiger partial charge is 0.221 e. The minimum atomic E-state index is -0.111. The molecule has 1 aromatic carbocycles. The van der Waals surface area contributed by atoms with E-state index in [9.17, 15) is 9.59 Å². The molecule has 0 fully saturated rings. The van der Waals surface area contributed by atoms with E-state index in [1.807, 2.05) is 14.1 Å². The van der Waals surface area contributed by atoms with Gasteiger partial charge in [-0.3, -0.25) is 9.59 Å². The number of carbonyl (C=O) groups is 2. The number of hydrogen-bond acceptors (Lipinski definition) is 3. The van der Waals surface area contributed by atoms with Crippen molar-refractivity contribution in [2.24, 2.45) is 0 Å². The number of ketones is 1. The molecule has 0 heterocycles. The summed E-state index contributed by atoms with van der Waals surface area (Å²) in [6.45, 7) is 2.37. The van der Waals surface area contributed by atoms with Gasteiger partial charge in [-0.2, -0.15) is 0 Å². The number of amides is 1. The Morgan fingerprint density at radius 3 is 2.28 bits per heavy atom. The van der Waals surface area contributed by atoms with Crippen LogP contribution in [-0.2, 0) is 4.79 Å². The average Bonchev–Trinajstić information content (AvgIpc) is 2.28. The van der Waals surface area contributed by atoms with Crippen molar-refractivity contribution in [3.05, 3.63) is 29.8 Å². The Morgan fingerprint density at radius 1 is 1.17 bits per heavy atom. The summed E-state index contributed by atoms with van der Waals surface area (Å²) in [4.78, 5) is 24.8. The van der Waals surface area contributed by atoms with Crippen molar-refractivity contribution in [2.45, 2.75) is 19.8 Å². The van der Waals surface area contributed by atoms with Crippen molar-refractivity contribution in [2.75, 3.05) is 26.0 Å². The largest absolute Gasteiger partial charge is 0.326 e. The number of rotatable bonds is 6. The van der Waals surface area contributed by atoms with Gasteiger partial charge in [0.25, 0.3) is 0 Å². The Kier molecular flexibility index (Phi) is 5.52. The van der Waals surface area contributed by atoms with Crippen molar-refractivity contribution in [3.63, 3.8) is 0 Å². The highest BCUT2D eigenvalue weighted by Gasteiger charge is 2.06. The summed E-state index contributed by atoms with van der Waals surface area (Å²) < 4.78 is 0. The lowest BCUT2D eigenvalue weighted by atomic mass is 10.1. The summed E-state index contributed by atoms with van der Waals surface area (Å²) >= 11 is 0. The fraction of sp³-hybridized carbons (Fsp3) is 0.429. The maximum atomic E-state index is 11.9. The second-order valence-corrected chi connectivity index (χ2v) is 4.59. The zero-order valence-corrected chi connectivity index (χ0v) is 11.2. The zero-order chi connectivity index (χ0) is 13.5. The van der Waals surface area contributed by atoms with E-state index in [-0.39, 0.29) is 11.7 Å². The number of benzene rings is 1. The van der Waals surface area contributed by atoms with Crippen molar-refractivity contribution in [3.8, 4) is 0 Å². The number of nitrogens with one attached hydrogen (secondary N) is 1. The summed E-state index contributed by atoms with van der Waals surface area (Å²) in [5.41, 5.74) is 1.41. The number of carbonyl (C=O) groups excluding carboxylic acids is 2. The molecule has 0 atom stereocenters. The molecule has 1 rings (SSSR count). The third-order valence-electron chi connectivity index (χ3n) is 2.54. The van der Waals surface area contributed by atoms with Crippen LogP contribution in [0.25, 0.3) is 0 Å². The topological polar surface area (TPSA) is 49.4 Å². The molecule has 0 aromatic heterocycles. The van der Waals surface area contributed by atoms with Crippen LogP contribution >= 0.6 is 0 Å². The van der Waals surface area contributed by atoms with E-state index in [1.165, 1.54) is 6.92 Å². The fourth-order valence-corrected chi connectivity index (χ4v) is 1.64. The van der Waals surface area contributed by atoms with Gasteiger partial charge < -0.3 is 10.2 Å². The molecule has 0 aliphatic carbocycles. The third-order valence-corrected chi connectivity index (χ3v) is 2.54. The number of anilines is 1. The van der Waals surface area contributed by atoms with Crippen LogP contribution in [0.4, 0.5) is 5.69 Å². The molecule has 0 bridgehead atoms. The average molecular weight is 248 g/mol. The first-order valence-corrected chi connectivity index (χ1v) is 6.04. The Balaban J connectivity index is 2.51. The van der Waals surface area contributed by atoms with Crippen LogP contribution in [0.3, 0.4) is 0 Å². The maximum absolute atomic E-state index is 11.9. The molecular formula is C14H20N2O2. The quantitative estimate of drug-likeness (QED) is 0.785. The van der Waals surface area contributed by atoms with Gasteiger partial charge in [-0.15, -0.1) is 0 Å². The molecule has 0 saturated carbocycles. The molecule has 0 spiro atoms. The molecule has 18 heavy (non-hydrogen) atoms. The Bertz CT molecular complexity index is 410. The van der Waals surface area contributed by atoms with Crippen LogP contribution < -0.4 is 5.32 Å². The first-order valence-electron chi connectivity index (χ1n) is 6.04. The molecule has 98 valence electrons. The summed E-state index contributed by atoms with van der Waals surface area (Å²) in [6.07, 6.45) is 1.41. The first kappa shape index (κ1) is 14.4. The molecule has 0 radical (unpaired) electrons. The van der Waals surface area contributed by atoms with Gasteiger partial charge in [0.1, 0.15) is 0 Å². The van der Waals surface area contributed by atoms with Gasteiger partial charge in [0.05, 0.1) is 0 Å². The zero-order valence-electron chi connectivity index (χ0n) is 11.2. The van der Waals surface area contributed by atoms with Crippen LogP contribution in [0, 0.1) is 0 Å². The van der Waals surface area contributed by atoms with E-state index >= 15 is 0 Å². The van der Waals surface area contributed by atoms with Crippen molar-refractivity contribution in [1.29, 1.82) is 0 Å². The van der Waals surface area contributed by atoms with Crippen LogP contribution in [0.5, 0.6) is 0 Å². The lowest BCUT2D eigenvalue weighted by molar-refractivity contribution is -0.114. The number of Topliss-reactive ketones (excluding diaryl/α,β-unsaturated/α-hetero) is 1. The molecule has 0 saturated heterocycles. The van der Waals surface area contributed by atoms with E-state index < -0.39 is 0 Å².